The molecule has 1 fully saturated rings. The summed E-state index contributed by atoms with van der Waals surface area (Å²) < 4.78 is 0. The highest BCUT2D eigenvalue weighted by Gasteiger charge is 2.35. The average molecular weight is 151 g/mol. The van der Waals surface area contributed by atoms with Crippen LogP contribution in [0.5, 0.6) is 0 Å². The van der Waals surface area contributed by atoms with Gasteiger partial charge in [0.1, 0.15) is 0 Å². The molecule has 0 saturated carbocycles. The van der Waals surface area contributed by atoms with Crippen LogP contribution in [-0.2, 0) is 0 Å². The minimum atomic E-state index is 0.682. The van der Waals surface area contributed by atoms with E-state index in [1.54, 1.807) is 0 Å². The molecular formula is C8H9NS. The van der Waals surface area contributed by atoms with Gasteiger partial charge in [0.25, 0.3) is 0 Å². The summed E-state index contributed by atoms with van der Waals surface area (Å²) in [6.07, 6.45) is 1.86. The molecule has 0 N–H and O–H groups in total. The lowest BCUT2D eigenvalue weighted by atomic mass is 10.2. The molecule has 1 aromatic heterocycles. The summed E-state index contributed by atoms with van der Waals surface area (Å²) in [6.45, 7) is 2.24. The van der Waals surface area contributed by atoms with Gasteiger partial charge < -0.3 is 0 Å². The standard InChI is InChI=1S/C8H9NS/c1-6-8(10-6)7-4-2-3-5-9-7/h2-6,8H,1H3. The van der Waals surface area contributed by atoms with Crippen molar-refractivity contribution in [3.63, 3.8) is 0 Å². The first-order valence-corrected chi connectivity index (χ1v) is 4.38. The fourth-order valence-corrected chi connectivity index (χ4v) is 1.83. The summed E-state index contributed by atoms with van der Waals surface area (Å²) in [7, 11) is 0. The predicted octanol–water partition coefficient (Wildman–Crippen LogP) is 2.26. The Hall–Kier alpha value is -0.500. The molecule has 2 unspecified atom stereocenters. The molecule has 1 saturated heterocycles. The van der Waals surface area contributed by atoms with Crippen molar-refractivity contribution in [3.05, 3.63) is 30.1 Å². The summed E-state index contributed by atoms with van der Waals surface area (Å²) in [6, 6.07) is 6.11. The van der Waals surface area contributed by atoms with Crippen LogP contribution in [-0.4, -0.2) is 10.2 Å². The van der Waals surface area contributed by atoms with E-state index in [2.05, 4.69) is 18.0 Å². The minimum absolute atomic E-state index is 0.682. The Morgan fingerprint density at radius 3 is 2.80 bits per heavy atom. The van der Waals surface area contributed by atoms with Gasteiger partial charge >= 0.3 is 0 Å². The fourth-order valence-electron chi connectivity index (χ4n) is 1.04. The molecule has 1 aliphatic heterocycles. The van der Waals surface area contributed by atoms with Gasteiger partial charge in [0.2, 0.25) is 0 Å². The van der Waals surface area contributed by atoms with Crippen LogP contribution in [0.2, 0.25) is 0 Å². The highest BCUT2D eigenvalue weighted by atomic mass is 32.2. The molecule has 52 valence electrons. The first-order chi connectivity index (χ1) is 4.88. The monoisotopic (exact) mass is 151 g/mol. The molecule has 2 atom stereocenters. The number of rotatable bonds is 1. The second-order valence-corrected chi connectivity index (χ2v) is 4.04. The van der Waals surface area contributed by atoms with Crippen LogP contribution in [0.4, 0.5) is 0 Å². The highest BCUT2D eigenvalue weighted by Crippen LogP contribution is 2.53. The van der Waals surface area contributed by atoms with Gasteiger partial charge in [-0.3, -0.25) is 4.98 Å². The van der Waals surface area contributed by atoms with Gasteiger partial charge in [0.05, 0.1) is 10.9 Å². The zero-order valence-corrected chi connectivity index (χ0v) is 6.64. The molecule has 1 aromatic rings. The van der Waals surface area contributed by atoms with Crippen LogP contribution in [0.1, 0.15) is 17.9 Å². The van der Waals surface area contributed by atoms with Crippen LogP contribution < -0.4 is 0 Å². The molecule has 2 rings (SSSR count). The average Bonchev–Trinajstić information content (AvgIpc) is 2.69. The number of hydrogen-bond donors (Lipinski definition) is 0. The van der Waals surface area contributed by atoms with Crippen LogP contribution >= 0.6 is 11.8 Å². The quantitative estimate of drug-likeness (QED) is 0.571. The first-order valence-electron chi connectivity index (χ1n) is 3.44. The van der Waals surface area contributed by atoms with Crippen molar-refractivity contribution in [2.45, 2.75) is 17.4 Å². The predicted molar refractivity (Wildman–Crippen MR) is 44.0 cm³/mol. The van der Waals surface area contributed by atoms with Crippen molar-refractivity contribution in [1.29, 1.82) is 0 Å². The largest absolute Gasteiger partial charge is 0.260 e. The fraction of sp³-hybridized carbons (Fsp3) is 0.375. The van der Waals surface area contributed by atoms with E-state index in [4.69, 9.17) is 0 Å². The van der Waals surface area contributed by atoms with E-state index < -0.39 is 0 Å². The zero-order chi connectivity index (χ0) is 6.97. The van der Waals surface area contributed by atoms with Crippen molar-refractivity contribution >= 4 is 11.8 Å². The number of nitrogens with zero attached hydrogens (tertiary/aromatic N) is 1. The smallest absolute Gasteiger partial charge is 0.0589 e. The molecule has 0 bridgehead atoms. The molecule has 2 heterocycles. The Kier molecular flexibility index (Phi) is 1.42. The number of pyridine rings is 1. The highest BCUT2D eigenvalue weighted by molar-refractivity contribution is 8.07. The Bertz CT molecular complexity index is 222. The summed E-state index contributed by atoms with van der Waals surface area (Å²) in [5.41, 5.74) is 1.24. The van der Waals surface area contributed by atoms with Gasteiger partial charge in [0, 0.05) is 11.4 Å². The number of aromatic nitrogens is 1. The maximum atomic E-state index is 4.27. The van der Waals surface area contributed by atoms with Crippen molar-refractivity contribution in [2.75, 3.05) is 0 Å². The Morgan fingerprint density at radius 2 is 2.30 bits per heavy atom. The van der Waals surface area contributed by atoms with Gasteiger partial charge in [-0.15, -0.1) is 11.8 Å². The van der Waals surface area contributed by atoms with Crippen molar-refractivity contribution in [1.82, 2.24) is 4.98 Å². The van der Waals surface area contributed by atoms with Gasteiger partial charge in [-0.05, 0) is 12.1 Å². The van der Waals surface area contributed by atoms with E-state index in [-0.39, 0.29) is 0 Å². The molecule has 0 aliphatic carbocycles. The number of hydrogen-bond acceptors (Lipinski definition) is 2. The van der Waals surface area contributed by atoms with Crippen molar-refractivity contribution < 1.29 is 0 Å². The topological polar surface area (TPSA) is 12.9 Å². The molecule has 0 radical (unpaired) electrons. The third kappa shape index (κ3) is 1.03. The van der Waals surface area contributed by atoms with Gasteiger partial charge in [-0.2, -0.15) is 0 Å². The molecule has 10 heavy (non-hydrogen) atoms. The second kappa shape index (κ2) is 2.27. The van der Waals surface area contributed by atoms with E-state index in [0.717, 1.165) is 5.25 Å². The van der Waals surface area contributed by atoms with Gasteiger partial charge in [0.15, 0.2) is 0 Å². The molecule has 2 heteroatoms. The molecule has 0 aromatic carbocycles. The minimum Gasteiger partial charge on any atom is -0.260 e. The first kappa shape index (κ1) is 6.23. The third-order valence-corrected chi connectivity index (χ3v) is 3.02. The molecule has 1 nitrogen and oxygen atoms in total. The molecule has 1 aliphatic rings. The van der Waals surface area contributed by atoms with Gasteiger partial charge in [-0.1, -0.05) is 13.0 Å². The van der Waals surface area contributed by atoms with Crippen LogP contribution in [0, 0.1) is 0 Å². The molecule has 0 amide bonds. The Labute approximate surface area is 64.9 Å². The SMILES string of the molecule is CC1SC1c1ccccn1. The lowest BCUT2D eigenvalue weighted by molar-refractivity contribution is 0.977. The lowest BCUT2D eigenvalue weighted by Crippen LogP contribution is -1.85. The summed E-state index contributed by atoms with van der Waals surface area (Å²) in [5, 5.41) is 1.47. The summed E-state index contributed by atoms with van der Waals surface area (Å²) in [4.78, 5) is 4.27. The van der Waals surface area contributed by atoms with Gasteiger partial charge in [-0.25, -0.2) is 0 Å². The van der Waals surface area contributed by atoms with Crippen molar-refractivity contribution in [2.24, 2.45) is 0 Å². The zero-order valence-electron chi connectivity index (χ0n) is 5.82. The maximum Gasteiger partial charge on any atom is 0.0589 e. The van der Waals surface area contributed by atoms with E-state index in [9.17, 15) is 0 Å². The number of thioether (sulfide) groups is 1. The van der Waals surface area contributed by atoms with Crippen LogP contribution in [0.15, 0.2) is 24.4 Å². The maximum absolute atomic E-state index is 4.27. The van der Waals surface area contributed by atoms with E-state index in [1.165, 1.54) is 5.69 Å². The Morgan fingerprint density at radius 1 is 1.50 bits per heavy atom. The van der Waals surface area contributed by atoms with E-state index >= 15 is 0 Å². The Balaban J connectivity index is 2.20. The summed E-state index contributed by atoms with van der Waals surface area (Å²) >= 11 is 1.98. The lowest BCUT2D eigenvalue weighted by Gasteiger charge is -1.91. The second-order valence-electron chi connectivity index (χ2n) is 2.52. The van der Waals surface area contributed by atoms with E-state index in [0.29, 0.717) is 5.25 Å². The van der Waals surface area contributed by atoms with Crippen molar-refractivity contribution in [3.8, 4) is 0 Å². The van der Waals surface area contributed by atoms with Crippen LogP contribution in [0.25, 0.3) is 0 Å². The molecule has 0 spiro atoms. The summed E-state index contributed by atoms with van der Waals surface area (Å²) in [5.74, 6) is 0. The molecular weight excluding hydrogens is 142 g/mol. The van der Waals surface area contributed by atoms with E-state index in [1.807, 2.05) is 30.1 Å². The normalized spacial score (nSPS) is 30.1. The van der Waals surface area contributed by atoms with Crippen LogP contribution in [0.3, 0.4) is 0 Å². The third-order valence-electron chi connectivity index (χ3n) is 1.69.